The van der Waals surface area contributed by atoms with Crippen LogP contribution in [0.1, 0.15) is 33.9 Å². The van der Waals surface area contributed by atoms with Gasteiger partial charge < -0.3 is 19.9 Å². The summed E-state index contributed by atoms with van der Waals surface area (Å²) in [5, 5.41) is 3.93. The minimum atomic E-state index is -4.25. The van der Waals surface area contributed by atoms with Crippen LogP contribution >= 0.6 is 7.82 Å². The lowest BCUT2D eigenvalue weighted by Gasteiger charge is -2.35. The van der Waals surface area contributed by atoms with Crippen LogP contribution < -0.4 is 10.5 Å². The molecule has 2 fully saturated rings. The molecule has 0 aromatic carbocycles. The van der Waals surface area contributed by atoms with Gasteiger partial charge in [-0.15, -0.1) is 0 Å². The third kappa shape index (κ3) is 4.51. The first kappa shape index (κ1) is 25.1. The number of fused-ring (bicyclic) bond motifs is 2. The lowest BCUT2D eigenvalue weighted by molar-refractivity contribution is -0.152. The fourth-order valence-corrected chi connectivity index (χ4v) is 5.55. The Kier molecular flexibility index (Phi) is 6.86. The van der Waals surface area contributed by atoms with E-state index in [0.29, 0.717) is 12.1 Å². The highest BCUT2D eigenvalue weighted by molar-refractivity contribution is 7.48. The molecule has 2 unspecified atom stereocenters. The molecule has 0 bridgehead atoms. The van der Waals surface area contributed by atoms with E-state index < -0.39 is 43.9 Å². The van der Waals surface area contributed by atoms with Crippen molar-refractivity contribution in [2.75, 3.05) is 25.6 Å². The number of rotatable bonds is 8. The summed E-state index contributed by atoms with van der Waals surface area (Å²) in [5.74, 6) is -0.614. The standard InChI is InChI=1S/C18H25N8O8P/c1-5-29-14-11-13(22-17(19)23-14)26(8-21-11)16-18(4,24-25-20)12-10(32-16)7-31-35(28,34-12)33-9(3)15(27)30-6-2/h8-10,12,16H,5-7H2,1-4H3,(H2,19,22,23)/t9?,10-,12-,16-,18-,35?/m1/s1. The molecule has 0 amide bonds. The summed E-state index contributed by atoms with van der Waals surface area (Å²) in [6.45, 7) is 6.54. The molecule has 2 aromatic rings. The van der Waals surface area contributed by atoms with Gasteiger partial charge in [0.25, 0.3) is 0 Å². The van der Waals surface area contributed by atoms with Gasteiger partial charge in [-0.2, -0.15) is 9.97 Å². The average Bonchev–Trinajstić information content (AvgIpc) is 3.33. The van der Waals surface area contributed by atoms with Gasteiger partial charge >= 0.3 is 13.8 Å². The highest BCUT2D eigenvalue weighted by atomic mass is 31.2. The first-order valence-corrected chi connectivity index (χ1v) is 12.2. The maximum Gasteiger partial charge on any atom is 0.476 e. The van der Waals surface area contributed by atoms with Gasteiger partial charge in [0.05, 0.1) is 26.1 Å². The van der Waals surface area contributed by atoms with Gasteiger partial charge in [0, 0.05) is 4.91 Å². The van der Waals surface area contributed by atoms with Crippen LogP contribution in [0.3, 0.4) is 0 Å². The number of hydrogen-bond donors (Lipinski definition) is 1. The number of nitrogen functional groups attached to an aromatic ring is 1. The number of aromatic nitrogens is 4. The van der Waals surface area contributed by atoms with Gasteiger partial charge in [-0.25, -0.2) is 14.3 Å². The van der Waals surface area contributed by atoms with E-state index >= 15 is 0 Å². The lowest BCUT2D eigenvalue weighted by atomic mass is 9.93. The smallest absolute Gasteiger partial charge is 0.476 e. The van der Waals surface area contributed by atoms with Crippen LogP contribution in [-0.2, 0) is 32.4 Å². The van der Waals surface area contributed by atoms with Gasteiger partial charge in [0.1, 0.15) is 17.7 Å². The predicted octanol–water partition coefficient (Wildman–Crippen LogP) is 2.27. The molecule has 35 heavy (non-hydrogen) atoms. The molecular formula is C18H25N8O8P. The summed E-state index contributed by atoms with van der Waals surface area (Å²) in [4.78, 5) is 27.5. The molecule has 2 aliphatic rings. The van der Waals surface area contributed by atoms with Crippen molar-refractivity contribution in [1.82, 2.24) is 19.5 Å². The van der Waals surface area contributed by atoms with E-state index in [-0.39, 0.29) is 30.7 Å². The van der Waals surface area contributed by atoms with Gasteiger partial charge in [-0.05, 0) is 33.2 Å². The molecule has 4 heterocycles. The fraction of sp³-hybridized carbons (Fsp3) is 0.667. The second kappa shape index (κ2) is 9.57. The first-order chi connectivity index (χ1) is 16.7. The van der Waals surface area contributed by atoms with E-state index in [9.17, 15) is 14.9 Å². The van der Waals surface area contributed by atoms with Crippen molar-refractivity contribution in [3.8, 4) is 5.88 Å². The van der Waals surface area contributed by atoms with Crippen LogP contribution in [0.15, 0.2) is 11.4 Å². The molecule has 0 radical (unpaired) electrons. The van der Waals surface area contributed by atoms with Crippen molar-refractivity contribution in [1.29, 1.82) is 0 Å². The number of ether oxygens (including phenoxy) is 3. The summed E-state index contributed by atoms with van der Waals surface area (Å²) in [5.41, 5.74) is 14.3. The predicted molar refractivity (Wildman–Crippen MR) is 118 cm³/mol. The zero-order chi connectivity index (χ0) is 25.4. The first-order valence-electron chi connectivity index (χ1n) is 10.8. The number of phosphoric ester groups is 1. The topological polar surface area (TPSA) is 208 Å². The Bertz CT molecular complexity index is 1220. The SMILES string of the molecule is CCOC(=O)C(C)OP1(=O)OC[C@H]2O[C@@H](n3cnc4c(OCC)nc(N)nc43)[C@](C)(N=[N+]=[N-])[C@@H]2O1. The van der Waals surface area contributed by atoms with E-state index in [1.54, 1.807) is 20.8 Å². The number of nitrogens with two attached hydrogens (primary N) is 1. The number of anilines is 1. The van der Waals surface area contributed by atoms with Crippen LogP contribution in [0.4, 0.5) is 5.95 Å². The number of carbonyl (C=O) groups is 1. The molecule has 2 aromatic heterocycles. The lowest BCUT2D eigenvalue weighted by Crippen LogP contribution is -2.46. The Hall–Kier alpha value is -3.00. The Morgan fingerprint density at radius 1 is 1.46 bits per heavy atom. The van der Waals surface area contributed by atoms with Crippen molar-refractivity contribution in [2.45, 2.75) is 57.8 Å². The average molecular weight is 512 g/mol. The zero-order valence-electron chi connectivity index (χ0n) is 19.4. The molecule has 0 spiro atoms. The molecule has 2 aliphatic heterocycles. The molecule has 2 N–H and O–H groups in total. The third-order valence-electron chi connectivity index (χ3n) is 5.46. The minimum Gasteiger partial charge on any atom is -0.476 e. The Morgan fingerprint density at radius 2 is 2.23 bits per heavy atom. The third-order valence-corrected chi connectivity index (χ3v) is 6.99. The molecule has 0 saturated carbocycles. The Labute approximate surface area is 199 Å². The van der Waals surface area contributed by atoms with E-state index in [0.717, 1.165) is 0 Å². The molecule has 2 saturated heterocycles. The van der Waals surface area contributed by atoms with Gasteiger partial charge in [-0.3, -0.25) is 18.1 Å². The number of esters is 1. The van der Waals surface area contributed by atoms with Gasteiger partial charge in [0.15, 0.2) is 23.5 Å². The Morgan fingerprint density at radius 3 is 2.91 bits per heavy atom. The number of carbonyl (C=O) groups excluding carboxylic acids is 1. The molecule has 16 nitrogen and oxygen atoms in total. The molecule has 6 atom stereocenters. The van der Waals surface area contributed by atoms with E-state index in [2.05, 4.69) is 25.0 Å². The zero-order valence-corrected chi connectivity index (χ0v) is 20.3. The van der Waals surface area contributed by atoms with Crippen LogP contribution in [0.25, 0.3) is 21.6 Å². The van der Waals surface area contributed by atoms with Crippen molar-refractivity contribution < 1.29 is 37.1 Å². The molecule has 0 aliphatic carbocycles. The van der Waals surface area contributed by atoms with Crippen molar-refractivity contribution in [2.24, 2.45) is 5.11 Å². The van der Waals surface area contributed by atoms with Crippen LogP contribution in [0.5, 0.6) is 5.88 Å². The van der Waals surface area contributed by atoms with Crippen LogP contribution in [-0.4, -0.2) is 69.2 Å². The van der Waals surface area contributed by atoms with Crippen LogP contribution in [0.2, 0.25) is 0 Å². The number of hydrogen-bond acceptors (Lipinski definition) is 13. The summed E-state index contributed by atoms with van der Waals surface area (Å²) in [6.07, 6.45) is -2.70. The largest absolute Gasteiger partial charge is 0.476 e. The molecular weight excluding hydrogens is 487 g/mol. The minimum absolute atomic E-state index is 0.0611. The number of imidazole rings is 1. The van der Waals surface area contributed by atoms with Gasteiger partial charge in [-0.1, -0.05) is 5.11 Å². The van der Waals surface area contributed by atoms with Crippen LogP contribution in [0, 0.1) is 0 Å². The summed E-state index contributed by atoms with van der Waals surface area (Å²) in [7, 11) is -4.25. The highest BCUT2D eigenvalue weighted by Crippen LogP contribution is 2.60. The second-order valence-corrected chi connectivity index (χ2v) is 9.43. The summed E-state index contributed by atoms with van der Waals surface area (Å²) in [6, 6.07) is 0. The Balaban J connectivity index is 1.69. The van der Waals surface area contributed by atoms with Crippen molar-refractivity contribution >= 4 is 30.9 Å². The van der Waals surface area contributed by atoms with E-state index in [1.165, 1.54) is 17.8 Å². The highest BCUT2D eigenvalue weighted by Gasteiger charge is 2.61. The summed E-state index contributed by atoms with van der Waals surface area (Å²) < 4.78 is 47.5. The monoisotopic (exact) mass is 512 g/mol. The fourth-order valence-electron chi connectivity index (χ4n) is 3.94. The number of azide groups is 1. The summed E-state index contributed by atoms with van der Waals surface area (Å²) >= 11 is 0. The normalized spacial score (nSPS) is 30.9. The quantitative estimate of drug-likeness (QED) is 0.178. The van der Waals surface area contributed by atoms with E-state index in [1.807, 2.05) is 0 Å². The number of phosphoric acid groups is 1. The number of nitrogens with zero attached hydrogens (tertiary/aromatic N) is 7. The maximum absolute atomic E-state index is 13.2. The second-order valence-electron chi connectivity index (χ2n) is 7.85. The van der Waals surface area contributed by atoms with Crippen molar-refractivity contribution in [3.63, 3.8) is 0 Å². The molecule has 17 heteroatoms. The van der Waals surface area contributed by atoms with Crippen molar-refractivity contribution in [3.05, 3.63) is 16.8 Å². The van der Waals surface area contributed by atoms with Gasteiger partial charge in [0.2, 0.25) is 11.8 Å². The molecule has 4 rings (SSSR count). The maximum atomic E-state index is 13.2. The van der Waals surface area contributed by atoms with E-state index in [4.69, 9.17) is 33.5 Å². The molecule has 190 valence electrons.